The molecule has 2 aromatic heterocycles. The van der Waals surface area contributed by atoms with Gasteiger partial charge < -0.3 is 21.1 Å². The zero-order chi connectivity index (χ0) is 22.8. The second kappa shape index (κ2) is 8.92. The number of piperazine rings is 1. The van der Waals surface area contributed by atoms with Crippen molar-refractivity contribution in [2.24, 2.45) is 0 Å². The predicted octanol–water partition coefficient (Wildman–Crippen LogP) is 2.44. The van der Waals surface area contributed by atoms with Crippen molar-refractivity contribution in [2.75, 3.05) is 42.5 Å². The molecule has 9 nitrogen and oxygen atoms in total. The summed E-state index contributed by atoms with van der Waals surface area (Å²) in [6.45, 7) is 4.20. The van der Waals surface area contributed by atoms with E-state index in [9.17, 15) is 5.26 Å². The van der Waals surface area contributed by atoms with Crippen LogP contribution in [0, 0.1) is 11.3 Å². The molecule has 0 radical (unpaired) electrons. The lowest BCUT2D eigenvalue weighted by Gasteiger charge is -2.36. The molecule has 33 heavy (non-hydrogen) atoms. The summed E-state index contributed by atoms with van der Waals surface area (Å²) in [5.74, 6) is 0.857. The van der Waals surface area contributed by atoms with Gasteiger partial charge in [0.1, 0.15) is 18.5 Å². The summed E-state index contributed by atoms with van der Waals surface area (Å²) in [5.41, 5.74) is 15.5. The molecule has 1 aromatic carbocycles. The number of nitriles is 1. The molecule has 0 unspecified atom stereocenters. The first-order valence-electron chi connectivity index (χ1n) is 11.1. The number of nitrogens with zero attached hydrogens (tertiary/aromatic N) is 6. The molecule has 1 aliphatic carbocycles. The van der Waals surface area contributed by atoms with Gasteiger partial charge in [0.2, 0.25) is 0 Å². The van der Waals surface area contributed by atoms with E-state index in [0.29, 0.717) is 17.1 Å². The molecule has 0 bridgehead atoms. The molecule has 9 heteroatoms. The number of aromatic nitrogens is 3. The third-order valence-electron chi connectivity index (χ3n) is 6.12. The first-order valence-corrected chi connectivity index (χ1v) is 11.1. The molecule has 3 heterocycles. The fraction of sp³-hybridized carbons (Fsp3) is 0.333. The highest BCUT2D eigenvalue weighted by atomic mass is 16.5. The van der Waals surface area contributed by atoms with Crippen LogP contribution in [0.15, 0.2) is 42.7 Å². The third kappa shape index (κ3) is 4.66. The van der Waals surface area contributed by atoms with Gasteiger partial charge in [0.15, 0.2) is 5.82 Å². The summed E-state index contributed by atoms with van der Waals surface area (Å²) >= 11 is 0. The van der Waals surface area contributed by atoms with Crippen LogP contribution in [0.1, 0.15) is 24.0 Å². The number of nitrogens with two attached hydrogens (primary N) is 2. The van der Waals surface area contributed by atoms with Gasteiger partial charge in [-0.1, -0.05) is 6.07 Å². The van der Waals surface area contributed by atoms with Crippen molar-refractivity contribution in [1.29, 1.82) is 5.26 Å². The quantitative estimate of drug-likeness (QED) is 0.591. The van der Waals surface area contributed by atoms with E-state index in [4.69, 9.17) is 16.2 Å². The lowest BCUT2D eigenvalue weighted by Crippen LogP contribution is -2.47. The molecular weight excluding hydrogens is 416 g/mol. The average molecular weight is 443 g/mol. The molecule has 1 saturated carbocycles. The Hall–Kier alpha value is -3.90. The SMILES string of the molecule is N#Cc1cc(-c2cnc(N)c(OCc3ccnc(N)c3)n2)ccc1N1CCN(C2CC2)CC1. The van der Waals surface area contributed by atoms with Gasteiger partial charge in [0, 0.05) is 44.0 Å². The number of nitrogen functional groups attached to an aromatic ring is 2. The highest BCUT2D eigenvalue weighted by Gasteiger charge is 2.31. The minimum absolute atomic E-state index is 0.200. The van der Waals surface area contributed by atoms with Gasteiger partial charge in [-0.2, -0.15) is 5.26 Å². The number of benzene rings is 1. The number of ether oxygens (including phenoxy) is 1. The zero-order valence-electron chi connectivity index (χ0n) is 18.3. The zero-order valence-corrected chi connectivity index (χ0v) is 18.3. The Kier molecular flexibility index (Phi) is 5.67. The number of hydrogen-bond donors (Lipinski definition) is 2. The Morgan fingerprint density at radius 1 is 1.06 bits per heavy atom. The highest BCUT2D eigenvalue weighted by molar-refractivity contribution is 5.70. The summed E-state index contributed by atoms with van der Waals surface area (Å²) in [5, 5.41) is 9.82. The van der Waals surface area contributed by atoms with Crippen LogP contribution in [-0.4, -0.2) is 52.1 Å². The van der Waals surface area contributed by atoms with Crippen LogP contribution in [0.3, 0.4) is 0 Å². The average Bonchev–Trinajstić information content (AvgIpc) is 3.69. The highest BCUT2D eigenvalue weighted by Crippen LogP contribution is 2.31. The first kappa shape index (κ1) is 21.0. The van der Waals surface area contributed by atoms with Crippen LogP contribution < -0.4 is 21.1 Å². The van der Waals surface area contributed by atoms with Crippen LogP contribution >= 0.6 is 0 Å². The van der Waals surface area contributed by atoms with E-state index in [1.54, 1.807) is 18.5 Å². The molecule has 1 aliphatic heterocycles. The van der Waals surface area contributed by atoms with Gasteiger partial charge in [0.05, 0.1) is 23.1 Å². The normalized spacial score (nSPS) is 16.4. The molecule has 4 N–H and O–H groups in total. The van der Waals surface area contributed by atoms with Crippen molar-refractivity contribution in [2.45, 2.75) is 25.5 Å². The molecule has 5 rings (SSSR count). The minimum Gasteiger partial charge on any atom is -0.470 e. The molecule has 3 aromatic rings. The van der Waals surface area contributed by atoms with Gasteiger partial charge in [-0.05, 0) is 42.7 Å². The van der Waals surface area contributed by atoms with Crippen LogP contribution in [-0.2, 0) is 6.61 Å². The fourth-order valence-electron chi connectivity index (χ4n) is 4.19. The predicted molar refractivity (Wildman–Crippen MR) is 126 cm³/mol. The van der Waals surface area contributed by atoms with Crippen molar-refractivity contribution in [3.8, 4) is 23.2 Å². The Morgan fingerprint density at radius 3 is 2.61 bits per heavy atom. The van der Waals surface area contributed by atoms with E-state index in [0.717, 1.165) is 49.0 Å². The Morgan fingerprint density at radius 2 is 1.88 bits per heavy atom. The van der Waals surface area contributed by atoms with E-state index >= 15 is 0 Å². The van der Waals surface area contributed by atoms with Crippen molar-refractivity contribution in [1.82, 2.24) is 19.9 Å². The Balaban J connectivity index is 1.33. The van der Waals surface area contributed by atoms with Crippen LogP contribution in [0.4, 0.5) is 17.3 Å². The summed E-state index contributed by atoms with van der Waals surface area (Å²) in [7, 11) is 0. The topological polar surface area (TPSA) is 130 Å². The molecule has 0 atom stereocenters. The van der Waals surface area contributed by atoms with Crippen molar-refractivity contribution < 1.29 is 4.74 Å². The van der Waals surface area contributed by atoms with E-state index < -0.39 is 0 Å². The van der Waals surface area contributed by atoms with E-state index in [2.05, 4.69) is 30.8 Å². The molecule has 1 saturated heterocycles. The second-order valence-electron chi connectivity index (χ2n) is 8.42. The molecule has 0 spiro atoms. The van der Waals surface area contributed by atoms with Gasteiger partial charge in [-0.25, -0.2) is 15.0 Å². The lowest BCUT2D eigenvalue weighted by molar-refractivity contribution is 0.248. The lowest BCUT2D eigenvalue weighted by atomic mass is 10.1. The number of hydrogen-bond acceptors (Lipinski definition) is 9. The van der Waals surface area contributed by atoms with E-state index in [1.165, 1.54) is 12.8 Å². The summed E-state index contributed by atoms with van der Waals surface area (Å²) < 4.78 is 5.79. The van der Waals surface area contributed by atoms with Gasteiger partial charge in [-0.3, -0.25) is 4.90 Å². The van der Waals surface area contributed by atoms with Gasteiger partial charge >= 0.3 is 0 Å². The maximum Gasteiger partial charge on any atom is 0.258 e. The number of pyridine rings is 1. The summed E-state index contributed by atoms with van der Waals surface area (Å²) in [4.78, 5) is 17.6. The Bertz CT molecular complexity index is 1200. The summed E-state index contributed by atoms with van der Waals surface area (Å²) in [6, 6.07) is 12.5. The number of rotatable bonds is 6. The molecular formula is C24H26N8O. The van der Waals surface area contributed by atoms with Gasteiger partial charge in [-0.15, -0.1) is 0 Å². The molecule has 2 aliphatic rings. The summed E-state index contributed by atoms with van der Waals surface area (Å²) in [6.07, 6.45) is 5.86. The maximum atomic E-state index is 9.82. The van der Waals surface area contributed by atoms with Crippen LogP contribution in [0.25, 0.3) is 11.3 Å². The smallest absolute Gasteiger partial charge is 0.258 e. The van der Waals surface area contributed by atoms with Crippen LogP contribution in [0.5, 0.6) is 5.88 Å². The standard InChI is InChI=1S/C24H26N8O/c25-13-18-12-17(1-4-21(18)32-9-7-31(8-10-32)19-2-3-19)20-14-29-23(27)24(30-20)33-15-16-5-6-28-22(26)11-16/h1,4-6,11-12,14,19H,2-3,7-10,15H2,(H2,26,28)(H2,27,29). The third-order valence-corrected chi connectivity index (χ3v) is 6.12. The first-order chi connectivity index (χ1) is 16.1. The van der Waals surface area contributed by atoms with Crippen molar-refractivity contribution in [3.05, 3.63) is 53.9 Å². The number of anilines is 3. The maximum absolute atomic E-state index is 9.82. The molecule has 168 valence electrons. The van der Waals surface area contributed by atoms with Crippen molar-refractivity contribution in [3.63, 3.8) is 0 Å². The monoisotopic (exact) mass is 442 g/mol. The molecule has 0 amide bonds. The largest absolute Gasteiger partial charge is 0.470 e. The van der Waals surface area contributed by atoms with E-state index in [1.807, 2.05) is 24.3 Å². The van der Waals surface area contributed by atoms with E-state index in [-0.39, 0.29) is 18.3 Å². The van der Waals surface area contributed by atoms with Gasteiger partial charge in [0.25, 0.3) is 5.88 Å². The minimum atomic E-state index is 0.200. The molecule has 2 fully saturated rings. The second-order valence-corrected chi connectivity index (χ2v) is 8.42. The van der Waals surface area contributed by atoms with Crippen LogP contribution in [0.2, 0.25) is 0 Å². The van der Waals surface area contributed by atoms with Crippen molar-refractivity contribution >= 4 is 17.3 Å². The Labute approximate surface area is 192 Å². The fourth-order valence-corrected chi connectivity index (χ4v) is 4.19.